The van der Waals surface area contributed by atoms with E-state index in [2.05, 4.69) is 24.3 Å². The number of aliphatic hydroxyl groups excluding tert-OH is 1. The standard InChI is InChI=1S/C14H15O/c15-12-14(9-5-2-6-10-14)11-13-7-3-1-4-8-13/h1-5,7-8,10,15H,9,11-12H2. The largest absolute Gasteiger partial charge is 0.395 e. The second kappa shape index (κ2) is 4.45. The molecule has 1 heteroatoms. The SMILES string of the molecule is OCC1(Cc2ccccc2)C=[C]C=CC1. The molecule has 2 rings (SSSR count). The summed E-state index contributed by atoms with van der Waals surface area (Å²) in [4.78, 5) is 0. The molecule has 0 fully saturated rings. The monoisotopic (exact) mass is 199 g/mol. The van der Waals surface area contributed by atoms with Crippen LogP contribution in [0.2, 0.25) is 0 Å². The van der Waals surface area contributed by atoms with Crippen molar-refractivity contribution in [3.05, 3.63) is 60.2 Å². The lowest BCUT2D eigenvalue weighted by Crippen LogP contribution is -2.26. The van der Waals surface area contributed by atoms with E-state index in [9.17, 15) is 5.11 Å². The summed E-state index contributed by atoms with van der Waals surface area (Å²) in [6.07, 6.45) is 10.8. The molecule has 0 saturated heterocycles. The minimum absolute atomic E-state index is 0.143. The fraction of sp³-hybridized carbons (Fsp3) is 0.286. The number of hydrogen-bond donors (Lipinski definition) is 1. The van der Waals surface area contributed by atoms with Crippen LogP contribution < -0.4 is 0 Å². The summed E-state index contributed by atoms with van der Waals surface area (Å²) in [7, 11) is 0. The maximum Gasteiger partial charge on any atom is 0.0528 e. The summed E-state index contributed by atoms with van der Waals surface area (Å²) in [5.41, 5.74) is 1.12. The van der Waals surface area contributed by atoms with Gasteiger partial charge in [-0.15, -0.1) is 0 Å². The molecule has 1 unspecified atom stereocenters. The number of benzene rings is 1. The van der Waals surface area contributed by atoms with Gasteiger partial charge in [0.05, 0.1) is 6.61 Å². The topological polar surface area (TPSA) is 20.2 Å². The van der Waals surface area contributed by atoms with Gasteiger partial charge in [-0.25, -0.2) is 0 Å². The van der Waals surface area contributed by atoms with E-state index in [1.54, 1.807) is 0 Å². The molecule has 1 aliphatic rings. The zero-order chi connectivity index (χ0) is 10.6. The van der Waals surface area contributed by atoms with Crippen molar-refractivity contribution in [3.63, 3.8) is 0 Å². The Bertz CT molecular complexity index is 364. The molecule has 0 amide bonds. The van der Waals surface area contributed by atoms with Crippen molar-refractivity contribution in [2.45, 2.75) is 12.8 Å². The van der Waals surface area contributed by atoms with Crippen LogP contribution in [0.15, 0.2) is 48.6 Å². The van der Waals surface area contributed by atoms with Gasteiger partial charge in [-0.3, -0.25) is 0 Å². The third kappa shape index (κ3) is 2.37. The van der Waals surface area contributed by atoms with E-state index in [1.165, 1.54) is 5.56 Å². The fourth-order valence-electron chi connectivity index (χ4n) is 1.94. The summed E-state index contributed by atoms with van der Waals surface area (Å²) in [6.45, 7) is 0.180. The number of aliphatic hydroxyl groups is 1. The quantitative estimate of drug-likeness (QED) is 0.793. The number of hydrogen-bond acceptors (Lipinski definition) is 1. The minimum atomic E-state index is -0.143. The number of allylic oxidation sites excluding steroid dienone is 3. The lowest BCUT2D eigenvalue weighted by atomic mass is 9.77. The van der Waals surface area contributed by atoms with Crippen LogP contribution in [0.4, 0.5) is 0 Å². The van der Waals surface area contributed by atoms with Gasteiger partial charge in [0.1, 0.15) is 0 Å². The predicted octanol–water partition coefficient (Wildman–Crippen LogP) is 2.53. The third-order valence-corrected chi connectivity index (χ3v) is 2.84. The van der Waals surface area contributed by atoms with E-state index in [4.69, 9.17) is 0 Å². The molecule has 1 aromatic rings. The third-order valence-electron chi connectivity index (χ3n) is 2.84. The molecule has 0 aliphatic heterocycles. The van der Waals surface area contributed by atoms with Crippen molar-refractivity contribution in [2.24, 2.45) is 5.41 Å². The van der Waals surface area contributed by atoms with Crippen molar-refractivity contribution >= 4 is 0 Å². The smallest absolute Gasteiger partial charge is 0.0528 e. The predicted molar refractivity (Wildman–Crippen MR) is 61.2 cm³/mol. The Morgan fingerprint density at radius 3 is 2.67 bits per heavy atom. The molecule has 0 heterocycles. The van der Waals surface area contributed by atoms with Gasteiger partial charge in [0, 0.05) is 5.41 Å². The van der Waals surface area contributed by atoms with E-state index in [0.29, 0.717) is 0 Å². The molecular weight excluding hydrogens is 184 g/mol. The zero-order valence-electron chi connectivity index (χ0n) is 8.69. The highest BCUT2D eigenvalue weighted by atomic mass is 16.3. The van der Waals surface area contributed by atoms with Crippen LogP contribution in [0.1, 0.15) is 12.0 Å². The maximum atomic E-state index is 9.50. The first-order valence-corrected chi connectivity index (χ1v) is 5.25. The van der Waals surface area contributed by atoms with Crippen molar-refractivity contribution in [2.75, 3.05) is 6.61 Å². The number of rotatable bonds is 3. The Labute approximate surface area is 90.8 Å². The Balaban J connectivity index is 2.15. The molecule has 0 bridgehead atoms. The van der Waals surface area contributed by atoms with Gasteiger partial charge in [-0.2, -0.15) is 0 Å². The van der Waals surface area contributed by atoms with Crippen LogP contribution in [0.5, 0.6) is 0 Å². The Hall–Kier alpha value is -1.34. The van der Waals surface area contributed by atoms with Gasteiger partial charge >= 0.3 is 0 Å². The molecule has 1 N–H and O–H groups in total. The first kappa shape index (κ1) is 10.2. The van der Waals surface area contributed by atoms with E-state index in [0.717, 1.165) is 12.8 Å². The second-order valence-electron chi connectivity index (χ2n) is 4.10. The van der Waals surface area contributed by atoms with Crippen molar-refractivity contribution in [1.29, 1.82) is 0 Å². The van der Waals surface area contributed by atoms with E-state index in [-0.39, 0.29) is 12.0 Å². The molecule has 1 aliphatic carbocycles. The summed E-state index contributed by atoms with van der Waals surface area (Å²) in [5, 5.41) is 9.50. The van der Waals surface area contributed by atoms with Gasteiger partial charge in [0.25, 0.3) is 0 Å². The van der Waals surface area contributed by atoms with E-state index in [1.807, 2.05) is 30.4 Å². The van der Waals surface area contributed by atoms with Crippen molar-refractivity contribution in [3.8, 4) is 0 Å². The summed E-state index contributed by atoms with van der Waals surface area (Å²) < 4.78 is 0. The molecule has 0 saturated carbocycles. The van der Waals surface area contributed by atoms with E-state index >= 15 is 0 Å². The van der Waals surface area contributed by atoms with Crippen LogP contribution >= 0.6 is 0 Å². The maximum absolute atomic E-state index is 9.50. The Morgan fingerprint density at radius 1 is 1.27 bits per heavy atom. The zero-order valence-corrected chi connectivity index (χ0v) is 8.69. The fourth-order valence-corrected chi connectivity index (χ4v) is 1.94. The summed E-state index contributed by atoms with van der Waals surface area (Å²) in [6, 6.07) is 10.3. The highest BCUT2D eigenvalue weighted by molar-refractivity contribution is 5.21. The van der Waals surface area contributed by atoms with Crippen LogP contribution in [-0.4, -0.2) is 11.7 Å². The summed E-state index contributed by atoms with van der Waals surface area (Å²) >= 11 is 0. The first-order valence-electron chi connectivity index (χ1n) is 5.25. The molecule has 1 aromatic carbocycles. The molecule has 0 spiro atoms. The lowest BCUT2D eigenvalue weighted by molar-refractivity contribution is 0.168. The molecule has 1 atom stereocenters. The second-order valence-corrected chi connectivity index (χ2v) is 4.10. The normalized spacial score (nSPS) is 24.3. The highest BCUT2D eigenvalue weighted by Crippen LogP contribution is 2.31. The lowest BCUT2D eigenvalue weighted by Gasteiger charge is -2.28. The first-order chi connectivity index (χ1) is 7.35. The van der Waals surface area contributed by atoms with Crippen LogP contribution in [0.25, 0.3) is 0 Å². The van der Waals surface area contributed by atoms with Gasteiger partial charge in [-0.1, -0.05) is 48.6 Å². The summed E-state index contributed by atoms with van der Waals surface area (Å²) in [5.74, 6) is 0. The molecular formula is C14H15O. The van der Waals surface area contributed by atoms with E-state index < -0.39 is 0 Å². The molecule has 1 nitrogen and oxygen atoms in total. The van der Waals surface area contributed by atoms with Crippen molar-refractivity contribution < 1.29 is 5.11 Å². The molecule has 1 radical (unpaired) electrons. The minimum Gasteiger partial charge on any atom is -0.395 e. The Kier molecular flexibility index (Phi) is 3.02. The van der Waals surface area contributed by atoms with Gasteiger partial charge < -0.3 is 5.11 Å². The van der Waals surface area contributed by atoms with Gasteiger partial charge in [-0.05, 0) is 24.5 Å². The average molecular weight is 199 g/mol. The average Bonchev–Trinajstić information content (AvgIpc) is 2.32. The Morgan fingerprint density at radius 2 is 2.07 bits per heavy atom. The molecule has 0 aromatic heterocycles. The molecule has 15 heavy (non-hydrogen) atoms. The van der Waals surface area contributed by atoms with Crippen molar-refractivity contribution in [1.82, 2.24) is 0 Å². The van der Waals surface area contributed by atoms with Crippen LogP contribution in [0, 0.1) is 11.5 Å². The highest BCUT2D eigenvalue weighted by Gasteiger charge is 2.26. The van der Waals surface area contributed by atoms with Gasteiger partial charge in [0.15, 0.2) is 0 Å². The van der Waals surface area contributed by atoms with Crippen LogP contribution in [-0.2, 0) is 6.42 Å². The van der Waals surface area contributed by atoms with Gasteiger partial charge in [0.2, 0.25) is 0 Å². The molecule has 77 valence electrons. The van der Waals surface area contributed by atoms with Crippen LogP contribution in [0.3, 0.4) is 0 Å².